The number of halogens is 5. The predicted octanol–water partition coefficient (Wildman–Crippen LogP) is 2.26. The molecule has 20 heavy (non-hydrogen) atoms. The van der Waals surface area contributed by atoms with Gasteiger partial charge >= 0.3 is 12.1 Å². The molecular weight excluding hydrogens is 283 g/mol. The van der Waals surface area contributed by atoms with E-state index in [-0.39, 0.29) is 5.84 Å². The Labute approximate surface area is 111 Å². The summed E-state index contributed by atoms with van der Waals surface area (Å²) in [5.74, 6) is -5.44. The van der Waals surface area contributed by atoms with E-state index in [1.807, 2.05) is 0 Å². The van der Waals surface area contributed by atoms with Crippen molar-refractivity contribution in [2.75, 3.05) is 13.6 Å². The maximum absolute atomic E-state index is 13.4. The van der Waals surface area contributed by atoms with Crippen molar-refractivity contribution >= 4 is 5.84 Å². The smallest absolute Gasteiger partial charge is 0.363 e. The zero-order valence-electron chi connectivity index (χ0n) is 10.3. The van der Waals surface area contributed by atoms with Gasteiger partial charge in [0, 0.05) is 12.6 Å². The molecule has 1 N–H and O–H groups in total. The number of hydrogen-bond donors (Lipinski definition) is 1. The second-order valence-corrected chi connectivity index (χ2v) is 4.55. The average Bonchev–Trinajstić information content (AvgIpc) is 2.66. The van der Waals surface area contributed by atoms with E-state index < -0.39 is 24.4 Å². The molecule has 0 bridgehead atoms. The number of amidine groups is 1. The van der Waals surface area contributed by atoms with Crippen molar-refractivity contribution in [1.29, 1.82) is 0 Å². The van der Waals surface area contributed by atoms with Gasteiger partial charge in [0.15, 0.2) is 0 Å². The van der Waals surface area contributed by atoms with Gasteiger partial charge in [-0.25, -0.2) is 4.99 Å². The molecule has 1 aliphatic rings. The van der Waals surface area contributed by atoms with E-state index in [2.05, 4.69) is 4.99 Å². The molecule has 0 saturated carbocycles. The summed E-state index contributed by atoms with van der Waals surface area (Å²) < 4.78 is 63.9. The Hall–Kier alpha value is -1.70. The number of likely N-dealkylation sites (N-methyl/N-ethyl adjacent to an activating group) is 1. The molecule has 0 radical (unpaired) electrons. The van der Waals surface area contributed by atoms with E-state index >= 15 is 0 Å². The zero-order chi connectivity index (χ0) is 15.2. The molecule has 2 rings (SSSR count). The molecule has 8 heteroatoms. The Bertz CT molecular complexity index is 528. The number of rotatable bonds is 2. The van der Waals surface area contributed by atoms with Crippen LogP contribution in [-0.4, -0.2) is 47.3 Å². The first-order chi connectivity index (χ1) is 9.08. The average molecular weight is 294 g/mol. The van der Waals surface area contributed by atoms with Crippen LogP contribution in [-0.2, 0) is 0 Å². The highest BCUT2D eigenvalue weighted by molar-refractivity contribution is 6.00. The van der Waals surface area contributed by atoms with Gasteiger partial charge in [0.25, 0.3) is 0 Å². The quantitative estimate of drug-likeness (QED) is 0.849. The molecule has 0 aromatic heterocycles. The van der Waals surface area contributed by atoms with Gasteiger partial charge in [-0.3, -0.25) is 0 Å². The fraction of sp³-hybridized carbons (Fsp3) is 0.417. The van der Waals surface area contributed by atoms with Crippen molar-refractivity contribution < 1.29 is 27.1 Å². The monoisotopic (exact) mass is 294 g/mol. The Morgan fingerprint density at radius 2 is 1.70 bits per heavy atom. The minimum Gasteiger partial charge on any atom is -0.363 e. The lowest BCUT2D eigenvalue weighted by Gasteiger charge is -2.31. The second-order valence-electron chi connectivity index (χ2n) is 4.55. The zero-order valence-corrected chi connectivity index (χ0v) is 10.3. The van der Waals surface area contributed by atoms with Crippen molar-refractivity contribution in [2.24, 2.45) is 4.99 Å². The lowest BCUT2D eigenvalue weighted by Crippen LogP contribution is -2.58. The van der Waals surface area contributed by atoms with Crippen LogP contribution in [0.2, 0.25) is 0 Å². The Kier molecular flexibility index (Phi) is 3.24. The van der Waals surface area contributed by atoms with E-state index in [4.69, 9.17) is 0 Å². The van der Waals surface area contributed by atoms with E-state index in [9.17, 15) is 27.1 Å². The predicted molar refractivity (Wildman–Crippen MR) is 61.6 cm³/mol. The Balaban J connectivity index is 2.44. The normalized spacial score (nSPS) is 23.9. The van der Waals surface area contributed by atoms with E-state index in [1.54, 1.807) is 18.2 Å². The van der Waals surface area contributed by atoms with Gasteiger partial charge in [0.2, 0.25) is 5.72 Å². The summed E-state index contributed by atoms with van der Waals surface area (Å²) in [4.78, 5) is 4.30. The summed E-state index contributed by atoms with van der Waals surface area (Å²) in [5, 5.41) is 9.66. The molecular formula is C12H11F5N2O. The van der Waals surface area contributed by atoms with Gasteiger partial charge in [-0.15, -0.1) is 0 Å². The highest BCUT2D eigenvalue weighted by atomic mass is 19.4. The number of aliphatic imine (C=N–C) groups is 1. The Morgan fingerprint density at radius 3 is 2.20 bits per heavy atom. The second kappa shape index (κ2) is 4.41. The summed E-state index contributed by atoms with van der Waals surface area (Å²) in [6, 6.07) is 7.85. The van der Waals surface area contributed by atoms with Crippen LogP contribution >= 0.6 is 0 Å². The minimum absolute atomic E-state index is 0.114. The van der Waals surface area contributed by atoms with Crippen molar-refractivity contribution in [2.45, 2.75) is 17.8 Å². The molecule has 1 heterocycles. The van der Waals surface area contributed by atoms with E-state index in [0.717, 1.165) is 4.90 Å². The van der Waals surface area contributed by atoms with Crippen LogP contribution in [0.25, 0.3) is 0 Å². The van der Waals surface area contributed by atoms with Crippen LogP contribution in [0, 0.1) is 0 Å². The van der Waals surface area contributed by atoms with Crippen molar-refractivity contribution in [3.05, 3.63) is 35.9 Å². The van der Waals surface area contributed by atoms with Crippen LogP contribution in [0.1, 0.15) is 5.56 Å². The van der Waals surface area contributed by atoms with Gasteiger partial charge in [0.1, 0.15) is 5.84 Å². The fourth-order valence-electron chi connectivity index (χ4n) is 1.97. The fourth-order valence-corrected chi connectivity index (χ4v) is 1.97. The first-order valence-corrected chi connectivity index (χ1v) is 5.62. The number of hydrogen-bond acceptors (Lipinski definition) is 3. The summed E-state index contributed by atoms with van der Waals surface area (Å²) in [7, 11) is 1.29. The summed E-state index contributed by atoms with van der Waals surface area (Å²) in [6.45, 7) is -0.941. The third-order valence-corrected chi connectivity index (χ3v) is 3.00. The SMILES string of the molecule is CN1CC(O)(C(F)(F)C(F)(F)F)N=C1c1ccccc1. The molecule has 1 unspecified atom stereocenters. The number of alkyl halides is 5. The van der Waals surface area contributed by atoms with Crippen LogP contribution in [0.5, 0.6) is 0 Å². The highest BCUT2D eigenvalue weighted by Gasteiger charge is 2.72. The van der Waals surface area contributed by atoms with Crippen molar-refractivity contribution in [3.63, 3.8) is 0 Å². The molecule has 0 fully saturated rings. The van der Waals surface area contributed by atoms with E-state index in [0.29, 0.717) is 5.56 Å². The highest BCUT2D eigenvalue weighted by Crippen LogP contribution is 2.46. The standard InChI is InChI=1S/C12H11F5N2O/c1-19-7-10(20,11(13,14)12(15,16)17)18-9(19)8-5-3-2-4-6-8/h2-6,20H,7H2,1H3. The first kappa shape index (κ1) is 14.7. The third kappa shape index (κ3) is 2.13. The summed E-state index contributed by atoms with van der Waals surface area (Å²) in [5.41, 5.74) is -3.17. The van der Waals surface area contributed by atoms with Crippen LogP contribution in [0.3, 0.4) is 0 Å². The topological polar surface area (TPSA) is 35.8 Å². The molecule has 1 aromatic carbocycles. The molecule has 110 valence electrons. The molecule has 0 saturated heterocycles. The van der Waals surface area contributed by atoms with Crippen molar-refractivity contribution in [3.8, 4) is 0 Å². The summed E-state index contributed by atoms with van der Waals surface area (Å²) in [6.07, 6.45) is -5.88. The number of nitrogens with zero attached hydrogens (tertiary/aromatic N) is 2. The number of β-amino-alcohol motifs (C(OH)–C–C–N with tert-alkyl or cyclic N) is 1. The van der Waals surface area contributed by atoms with E-state index in [1.165, 1.54) is 19.2 Å². The van der Waals surface area contributed by atoms with Gasteiger partial charge in [-0.1, -0.05) is 30.3 Å². The molecule has 0 aliphatic carbocycles. The largest absolute Gasteiger partial charge is 0.458 e. The molecule has 0 amide bonds. The Morgan fingerprint density at radius 1 is 1.15 bits per heavy atom. The molecule has 0 spiro atoms. The molecule has 3 nitrogen and oxygen atoms in total. The third-order valence-electron chi connectivity index (χ3n) is 3.00. The van der Waals surface area contributed by atoms with Gasteiger partial charge in [0.05, 0.1) is 6.54 Å². The van der Waals surface area contributed by atoms with Gasteiger partial charge in [-0.05, 0) is 0 Å². The van der Waals surface area contributed by atoms with Crippen LogP contribution in [0.4, 0.5) is 22.0 Å². The maximum atomic E-state index is 13.4. The van der Waals surface area contributed by atoms with Gasteiger partial charge < -0.3 is 10.0 Å². The first-order valence-electron chi connectivity index (χ1n) is 5.62. The maximum Gasteiger partial charge on any atom is 0.458 e. The van der Waals surface area contributed by atoms with Crippen LogP contribution < -0.4 is 0 Å². The number of aliphatic hydroxyl groups is 1. The number of benzene rings is 1. The van der Waals surface area contributed by atoms with Crippen LogP contribution in [0.15, 0.2) is 35.3 Å². The molecule has 1 aromatic rings. The lowest BCUT2D eigenvalue weighted by molar-refractivity contribution is -0.338. The van der Waals surface area contributed by atoms with Crippen molar-refractivity contribution in [1.82, 2.24) is 4.90 Å². The summed E-state index contributed by atoms with van der Waals surface area (Å²) >= 11 is 0. The van der Waals surface area contributed by atoms with Gasteiger partial charge in [-0.2, -0.15) is 22.0 Å². The minimum atomic E-state index is -5.88. The lowest BCUT2D eigenvalue weighted by atomic mass is 10.1. The molecule has 1 atom stereocenters. The molecule has 1 aliphatic heterocycles.